The molecule has 20 heavy (non-hydrogen) atoms. The Labute approximate surface area is 116 Å². The molecule has 0 aliphatic carbocycles. The molecular formula is C15H14N4O. The van der Waals surface area contributed by atoms with Gasteiger partial charge in [-0.25, -0.2) is 4.98 Å². The molecule has 0 spiro atoms. The first-order valence-electron chi connectivity index (χ1n) is 6.39. The van der Waals surface area contributed by atoms with Crippen LogP contribution in [0.4, 0.5) is 0 Å². The Morgan fingerprint density at radius 2 is 2.30 bits per heavy atom. The van der Waals surface area contributed by atoms with E-state index in [2.05, 4.69) is 25.7 Å². The highest BCUT2D eigenvalue weighted by Crippen LogP contribution is 2.30. The lowest BCUT2D eigenvalue weighted by atomic mass is 10.1. The van der Waals surface area contributed by atoms with Crippen molar-refractivity contribution >= 4 is 10.9 Å². The number of terminal acetylenes is 1. The van der Waals surface area contributed by atoms with Gasteiger partial charge in [-0.3, -0.25) is 5.10 Å². The predicted octanol–water partition coefficient (Wildman–Crippen LogP) is 1.79. The van der Waals surface area contributed by atoms with E-state index in [1.54, 1.807) is 12.4 Å². The van der Waals surface area contributed by atoms with E-state index in [-0.39, 0.29) is 6.61 Å². The zero-order valence-electron chi connectivity index (χ0n) is 10.9. The number of nitrogens with one attached hydrogen (secondary N) is 1. The van der Waals surface area contributed by atoms with Crippen LogP contribution >= 0.6 is 0 Å². The second kappa shape index (κ2) is 5.19. The Bertz CT molecular complexity index is 765. The van der Waals surface area contributed by atoms with Crippen LogP contribution in [0.3, 0.4) is 0 Å². The minimum absolute atomic E-state index is 0.163. The summed E-state index contributed by atoms with van der Waals surface area (Å²) in [5.74, 6) is 2.56. The topological polar surface area (TPSA) is 66.7 Å². The molecule has 0 aromatic carbocycles. The molecule has 0 saturated heterocycles. The van der Waals surface area contributed by atoms with Gasteiger partial charge in [-0.1, -0.05) is 5.92 Å². The summed E-state index contributed by atoms with van der Waals surface area (Å²) in [4.78, 5) is 4.25. The molecule has 0 aliphatic rings. The van der Waals surface area contributed by atoms with E-state index in [0.717, 1.165) is 28.6 Å². The lowest BCUT2D eigenvalue weighted by molar-refractivity contribution is 0.280. The summed E-state index contributed by atoms with van der Waals surface area (Å²) in [6, 6.07) is 1.91. The molecule has 0 aliphatic heterocycles. The number of rotatable bonds is 4. The summed E-state index contributed by atoms with van der Waals surface area (Å²) < 4.78 is 2.08. The molecule has 3 heterocycles. The molecule has 0 atom stereocenters. The zero-order valence-corrected chi connectivity index (χ0v) is 10.9. The second-order valence-electron chi connectivity index (χ2n) is 4.53. The molecule has 0 saturated carbocycles. The summed E-state index contributed by atoms with van der Waals surface area (Å²) in [6.45, 7) is 0.901. The zero-order chi connectivity index (χ0) is 13.9. The maximum absolute atomic E-state index is 9.00. The Morgan fingerprint density at radius 3 is 3.00 bits per heavy atom. The van der Waals surface area contributed by atoms with Crippen molar-refractivity contribution in [1.82, 2.24) is 19.7 Å². The number of aromatic amines is 1. The highest BCUT2D eigenvalue weighted by atomic mass is 16.3. The lowest BCUT2D eigenvalue weighted by Gasteiger charge is -2.02. The van der Waals surface area contributed by atoms with E-state index in [0.29, 0.717) is 12.1 Å². The van der Waals surface area contributed by atoms with Crippen molar-refractivity contribution in [2.45, 2.75) is 13.0 Å². The second-order valence-corrected chi connectivity index (χ2v) is 4.53. The van der Waals surface area contributed by atoms with E-state index in [4.69, 9.17) is 11.5 Å². The van der Waals surface area contributed by atoms with Gasteiger partial charge in [-0.15, -0.1) is 6.42 Å². The molecule has 3 rings (SSSR count). The predicted molar refractivity (Wildman–Crippen MR) is 77.0 cm³/mol. The van der Waals surface area contributed by atoms with Crippen LogP contribution in [-0.4, -0.2) is 31.5 Å². The third-order valence-corrected chi connectivity index (χ3v) is 3.28. The fourth-order valence-electron chi connectivity index (χ4n) is 2.32. The van der Waals surface area contributed by atoms with Crippen molar-refractivity contribution in [2.24, 2.45) is 0 Å². The number of H-pyrrole nitrogens is 1. The molecule has 2 N–H and O–H groups in total. The lowest BCUT2D eigenvalue weighted by Crippen LogP contribution is -1.98. The standard InChI is InChI=1S/C15H14N4O/c1-2-12-6-13-14(11-7-17-18-8-11)10-19(4-3-5-20)15(13)9-16-12/h1,6-10,20H,3-5H2,(H,17,18). The minimum Gasteiger partial charge on any atom is -0.396 e. The molecule has 3 aromatic rings. The Kier molecular flexibility index (Phi) is 3.23. The normalized spacial score (nSPS) is 10.8. The monoisotopic (exact) mass is 266 g/mol. The van der Waals surface area contributed by atoms with Gasteiger partial charge in [0.2, 0.25) is 0 Å². The van der Waals surface area contributed by atoms with Crippen molar-refractivity contribution < 1.29 is 5.11 Å². The number of fused-ring (bicyclic) bond motifs is 1. The van der Waals surface area contributed by atoms with Crippen molar-refractivity contribution in [3.05, 3.63) is 36.5 Å². The SMILES string of the molecule is C#Cc1cc2c(-c3cn[nH]c3)cn(CCCO)c2cn1. The number of aryl methyl sites for hydroxylation is 1. The van der Waals surface area contributed by atoms with Gasteiger partial charge < -0.3 is 9.67 Å². The van der Waals surface area contributed by atoms with Crippen LogP contribution in [0.15, 0.2) is 30.9 Å². The number of aliphatic hydroxyl groups is 1. The minimum atomic E-state index is 0.163. The molecular weight excluding hydrogens is 252 g/mol. The molecule has 0 fully saturated rings. The molecule has 5 heteroatoms. The van der Waals surface area contributed by atoms with Gasteiger partial charge >= 0.3 is 0 Å². The average Bonchev–Trinajstić information content (AvgIpc) is 3.12. The smallest absolute Gasteiger partial charge is 0.113 e. The highest BCUT2D eigenvalue weighted by Gasteiger charge is 2.12. The van der Waals surface area contributed by atoms with Crippen LogP contribution in [0.25, 0.3) is 22.0 Å². The molecule has 0 bridgehead atoms. The number of aromatic nitrogens is 4. The van der Waals surface area contributed by atoms with E-state index in [9.17, 15) is 0 Å². The van der Waals surface area contributed by atoms with E-state index in [1.165, 1.54) is 0 Å². The van der Waals surface area contributed by atoms with Crippen LogP contribution in [0.5, 0.6) is 0 Å². The van der Waals surface area contributed by atoms with Crippen LogP contribution in [-0.2, 0) is 6.54 Å². The van der Waals surface area contributed by atoms with Gasteiger partial charge in [-0.05, 0) is 12.5 Å². The van der Waals surface area contributed by atoms with Gasteiger partial charge in [-0.2, -0.15) is 5.10 Å². The molecule has 0 amide bonds. The Hall–Kier alpha value is -2.58. The fraction of sp³-hybridized carbons (Fsp3) is 0.200. The fourth-order valence-corrected chi connectivity index (χ4v) is 2.32. The third kappa shape index (κ3) is 2.06. The number of aliphatic hydroxyl groups excluding tert-OH is 1. The van der Waals surface area contributed by atoms with Crippen LogP contribution in [0.1, 0.15) is 12.1 Å². The van der Waals surface area contributed by atoms with Crippen molar-refractivity contribution in [2.75, 3.05) is 6.61 Å². The Balaban J connectivity index is 2.20. The third-order valence-electron chi connectivity index (χ3n) is 3.28. The van der Waals surface area contributed by atoms with Gasteiger partial charge in [0.25, 0.3) is 0 Å². The first-order valence-corrected chi connectivity index (χ1v) is 6.39. The van der Waals surface area contributed by atoms with Crippen LogP contribution in [0, 0.1) is 12.3 Å². The average molecular weight is 266 g/mol. The Morgan fingerprint density at radius 1 is 1.40 bits per heavy atom. The first kappa shape index (κ1) is 12.5. The largest absolute Gasteiger partial charge is 0.396 e. The highest BCUT2D eigenvalue weighted by molar-refractivity contribution is 5.96. The summed E-state index contributed by atoms with van der Waals surface area (Å²) in [7, 11) is 0. The first-order chi connectivity index (χ1) is 9.83. The quantitative estimate of drug-likeness (QED) is 0.707. The molecule has 100 valence electrons. The number of pyridine rings is 1. The molecule has 0 unspecified atom stereocenters. The van der Waals surface area contributed by atoms with Crippen LogP contribution < -0.4 is 0 Å². The van der Waals surface area contributed by atoms with Crippen molar-refractivity contribution in [1.29, 1.82) is 0 Å². The van der Waals surface area contributed by atoms with Gasteiger partial charge in [0.05, 0.1) is 17.9 Å². The van der Waals surface area contributed by atoms with E-state index < -0.39 is 0 Å². The molecule has 0 radical (unpaired) electrons. The number of nitrogens with zero attached hydrogens (tertiary/aromatic N) is 3. The van der Waals surface area contributed by atoms with Crippen LogP contribution in [0.2, 0.25) is 0 Å². The van der Waals surface area contributed by atoms with Gasteiger partial charge in [0.15, 0.2) is 0 Å². The number of hydrogen-bond acceptors (Lipinski definition) is 3. The van der Waals surface area contributed by atoms with Gasteiger partial charge in [0, 0.05) is 42.1 Å². The van der Waals surface area contributed by atoms with Gasteiger partial charge in [0.1, 0.15) is 5.69 Å². The maximum atomic E-state index is 9.00. The summed E-state index contributed by atoms with van der Waals surface area (Å²) in [5, 5.41) is 16.9. The van der Waals surface area contributed by atoms with Crippen molar-refractivity contribution in [3.8, 4) is 23.5 Å². The number of hydrogen-bond donors (Lipinski definition) is 2. The van der Waals surface area contributed by atoms with E-state index in [1.807, 2.05) is 18.5 Å². The summed E-state index contributed by atoms with van der Waals surface area (Å²) in [5.41, 5.74) is 3.69. The molecule has 3 aromatic heterocycles. The van der Waals surface area contributed by atoms with E-state index >= 15 is 0 Å². The molecule has 5 nitrogen and oxygen atoms in total. The van der Waals surface area contributed by atoms with Crippen molar-refractivity contribution in [3.63, 3.8) is 0 Å². The maximum Gasteiger partial charge on any atom is 0.113 e. The summed E-state index contributed by atoms with van der Waals surface area (Å²) in [6.07, 6.45) is 13.6. The summed E-state index contributed by atoms with van der Waals surface area (Å²) >= 11 is 0.